The number of likely N-dealkylation sites (tertiary alicyclic amines) is 1. The van der Waals surface area contributed by atoms with E-state index in [0.717, 1.165) is 39.0 Å². The van der Waals surface area contributed by atoms with Crippen molar-refractivity contribution in [2.24, 2.45) is 0 Å². The predicted molar refractivity (Wildman–Crippen MR) is 59.9 cm³/mol. The summed E-state index contributed by atoms with van der Waals surface area (Å²) in [6.07, 6.45) is 1.99. The molecule has 2 fully saturated rings. The normalized spacial score (nSPS) is 24.3. The maximum absolute atomic E-state index is 11.3. The van der Waals surface area contributed by atoms with Crippen molar-refractivity contribution >= 4 is 11.8 Å². The first-order chi connectivity index (χ1) is 7.66. The van der Waals surface area contributed by atoms with Gasteiger partial charge in [-0.2, -0.15) is 0 Å². The molecule has 2 aliphatic heterocycles. The Labute approximate surface area is 95.8 Å². The molecule has 0 saturated carbocycles. The third-order valence-corrected chi connectivity index (χ3v) is 3.49. The third-order valence-electron chi connectivity index (χ3n) is 3.49. The summed E-state index contributed by atoms with van der Waals surface area (Å²) >= 11 is 0. The summed E-state index contributed by atoms with van der Waals surface area (Å²) in [4.78, 5) is 26.6. The van der Waals surface area contributed by atoms with Crippen LogP contribution in [0.4, 0.5) is 0 Å². The molecule has 2 heterocycles. The number of piperazine rings is 1. The van der Waals surface area contributed by atoms with Crippen LogP contribution >= 0.6 is 0 Å². The molecule has 0 atom stereocenters. The molecule has 2 amide bonds. The number of nitrogens with zero attached hydrogens (tertiary/aromatic N) is 2. The van der Waals surface area contributed by atoms with E-state index in [1.807, 2.05) is 4.90 Å². The number of hydrogen-bond donors (Lipinski definition) is 1. The Morgan fingerprint density at radius 3 is 2.56 bits per heavy atom. The van der Waals surface area contributed by atoms with E-state index in [-0.39, 0.29) is 11.8 Å². The lowest BCUT2D eigenvalue weighted by Crippen LogP contribution is -2.54. The van der Waals surface area contributed by atoms with E-state index in [0.29, 0.717) is 12.6 Å². The van der Waals surface area contributed by atoms with Gasteiger partial charge >= 0.3 is 0 Å². The Bertz CT molecular complexity index is 285. The number of nitrogens with one attached hydrogen (secondary N) is 1. The molecule has 2 rings (SSSR count). The van der Waals surface area contributed by atoms with Gasteiger partial charge in [0.05, 0.1) is 6.54 Å². The Morgan fingerprint density at radius 1 is 1.31 bits per heavy atom. The fourth-order valence-corrected chi connectivity index (χ4v) is 2.52. The Hall–Kier alpha value is -1.10. The first-order valence-electron chi connectivity index (χ1n) is 5.93. The third kappa shape index (κ3) is 2.52. The molecule has 0 radical (unpaired) electrons. The molecular formula is C11H19N3O2. The minimum atomic E-state index is 0.125. The minimum Gasteiger partial charge on any atom is -0.354 e. The van der Waals surface area contributed by atoms with E-state index in [2.05, 4.69) is 10.2 Å². The first-order valence-corrected chi connectivity index (χ1v) is 5.93. The lowest BCUT2D eigenvalue weighted by atomic mass is 10.0. The van der Waals surface area contributed by atoms with Gasteiger partial charge in [-0.1, -0.05) is 0 Å². The van der Waals surface area contributed by atoms with Gasteiger partial charge < -0.3 is 10.2 Å². The maximum Gasteiger partial charge on any atom is 0.234 e. The van der Waals surface area contributed by atoms with Crippen molar-refractivity contribution in [2.45, 2.75) is 25.8 Å². The lowest BCUT2D eigenvalue weighted by molar-refractivity contribution is -0.131. The number of carbonyl (C=O) groups is 2. The number of hydrogen-bond acceptors (Lipinski definition) is 3. The predicted octanol–water partition coefficient (Wildman–Crippen LogP) is -0.571. The number of amides is 2. The van der Waals surface area contributed by atoms with Gasteiger partial charge in [0.1, 0.15) is 0 Å². The van der Waals surface area contributed by atoms with Crippen molar-refractivity contribution in [2.75, 3.05) is 32.7 Å². The molecule has 0 aliphatic carbocycles. The zero-order valence-corrected chi connectivity index (χ0v) is 9.74. The van der Waals surface area contributed by atoms with Crippen molar-refractivity contribution in [3.63, 3.8) is 0 Å². The molecule has 2 aliphatic rings. The van der Waals surface area contributed by atoms with Gasteiger partial charge in [0, 0.05) is 39.1 Å². The highest BCUT2D eigenvalue weighted by molar-refractivity contribution is 5.78. The largest absolute Gasteiger partial charge is 0.354 e. The van der Waals surface area contributed by atoms with E-state index in [9.17, 15) is 9.59 Å². The zero-order chi connectivity index (χ0) is 11.5. The maximum atomic E-state index is 11.3. The summed E-state index contributed by atoms with van der Waals surface area (Å²) in [7, 11) is 0. The van der Waals surface area contributed by atoms with Crippen LogP contribution in [0.1, 0.15) is 19.8 Å². The van der Waals surface area contributed by atoms with Crippen molar-refractivity contribution in [1.82, 2.24) is 15.1 Å². The van der Waals surface area contributed by atoms with Crippen LogP contribution in [0, 0.1) is 0 Å². The topological polar surface area (TPSA) is 52.7 Å². The SMILES string of the molecule is CC(=O)N1CCC(N2CCNC(=O)C2)CC1. The summed E-state index contributed by atoms with van der Waals surface area (Å²) in [5, 5.41) is 2.83. The molecule has 0 aromatic rings. The number of rotatable bonds is 1. The second kappa shape index (κ2) is 4.82. The second-order valence-electron chi connectivity index (χ2n) is 4.56. The average molecular weight is 225 g/mol. The van der Waals surface area contributed by atoms with E-state index < -0.39 is 0 Å². The van der Waals surface area contributed by atoms with Gasteiger partial charge in [0.25, 0.3) is 0 Å². The van der Waals surface area contributed by atoms with Crippen LogP contribution in [0.25, 0.3) is 0 Å². The van der Waals surface area contributed by atoms with E-state index >= 15 is 0 Å². The summed E-state index contributed by atoms with van der Waals surface area (Å²) < 4.78 is 0. The molecule has 0 bridgehead atoms. The molecule has 90 valence electrons. The molecule has 0 spiro atoms. The first kappa shape index (κ1) is 11.4. The van der Waals surface area contributed by atoms with Crippen LogP contribution in [0.5, 0.6) is 0 Å². The van der Waals surface area contributed by atoms with Crippen LogP contribution in [0.2, 0.25) is 0 Å². The van der Waals surface area contributed by atoms with Crippen molar-refractivity contribution in [1.29, 1.82) is 0 Å². The van der Waals surface area contributed by atoms with Crippen LogP contribution in [-0.2, 0) is 9.59 Å². The number of piperidine rings is 1. The van der Waals surface area contributed by atoms with Crippen molar-refractivity contribution < 1.29 is 9.59 Å². The molecule has 0 unspecified atom stereocenters. The monoisotopic (exact) mass is 225 g/mol. The highest BCUT2D eigenvalue weighted by Crippen LogP contribution is 2.17. The van der Waals surface area contributed by atoms with E-state index in [4.69, 9.17) is 0 Å². The molecule has 0 aromatic heterocycles. The summed E-state index contributed by atoms with van der Waals surface area (Å²) in [6.45, 7) is 5.50. The number of carbonyl (C=O) groups excluding carboxylic acids is 2. The van der Waals surface area contributed by atoms with Gasteiger partial charge in [0.2, 0.25) is 11.8 Å². The van der Waals surface area contributed by atoms with Gasteiger partial charge in [-0.15, -0.1) is 0 Å². The minimum absolute atomic E-state index is 0.125. The molecule has 2 saturated heterocycles. The van der Waals surface area contributed by atoms with Gasteiger partial charge in [-0.05, 0) is 12.8 Å². The summed E-state index contributed by atoms with van der Waals surface area (Å²) in [5.74, 6) is 0.287. The average Bonchev–Trinajstić information content (AvgIpc) is 2.29. The fourth-order valence-electron chi connectivity index (χ4n) is 2.52. The molecule has 16 heavy (non-hydrogen) atoms. The van der Waals surface area contributed by atoms with Gasteiger partial charge in [-0.25, -0.2) is 0 Å². The van der Waals surface area contributed by atoms with Crippen molar-refractivity contribution in [3.8, 4) is 0 Å². The lowest BCUT2D eigenvalue weighted by Gasteiger charge is -2.39. The molecule has 5 heteroatoms. The van der Waals surface area contributed by atoms with Crippen LogP contribution in [0.3, 0.4) is 0 Å². The smallest absolute Gasteiger partial charge is 0.234 e. The van der Waals surface area contributed by atoms with E-state index in [1.54, 1.807) is 6.92 Å². The second-order valence-corrected chi connectivity index (χ2v) is 4.56. The zero-order valence-electron chi connectivity index (χ0n) is 9.74. The van der Waals surface area contributed by atoms with Gasteiger partial charge in [-0.3, -0.25) is 14.5 Å². The quantitative estimate of drug-likeness (QED) is 0.650. The molecular weight excluding hydrogens is 206 g/mol. The Kier molecular flexibility index (Phi) is 3.43. The molecule has 1 N–H and O–H groups in total. The summed E-state index contributed by atoms with van der Waals surface area (Å²) in [6, 6.07) is 0.474. The Balaban J connectivity index is 1.84. The summed E-state index contributed by atoms with van der Waals surface area (Å²) in [5.41, 5.74) is 0. The van der Waals surface area contributed by atoms with E-state index in [1.165, 1.54) is 0 Å². The molecule has 0 aromatic carbocycles. The highest BCUT2D eigenvalue weighted by Gasteiger charge is 2.28. The highest BCUT2D eigenvalue weighted by atomic mass is 16.2. The van der Waals surface area contributed by atoms with Gasteiger partial charge in [0.15, 0.2) is 0 Å². The van der Waals surface area contributed by atoms with Crippen LogP contribution in [0.15, 0.2) is 0 Å². The van der Waals surface area contributed by atoms with Crippen LogP contribution in [-0.4, -0.2) is 60.4 Å². The standard InChI is InChI=1S/C11H19N3O2/c1-9(15)13-5-2-10(3-6-13)14-7-4-12-11(16)8-14/h10H,2-8H2,1H3,(H,12,16). The van der Waals surface area contributed by atoms with Crippen LogP contribution < -0.4 is 5.32 Å². The Morgan fingerprint density at radius 2 is 2.00 bits per heavy atom. The fraction of sp³-hybridized carbons (Fsp3) is 0.818. The molecule has 5 nitrogen and oxygen atoms in total. The van der Waals surface area contributed by atoms with Crippen molar-refractivity contribution in [3.05, 3.63) is 0 Å².